The number of carbonyl (C=O) groups excluding carboxylic acids is 1. The number of nitrogens with two attached hydrogens (primary N) is 1. The summed E-state index contributed by atoms with van der Waals surface area (Å²) in [5.74, 6) is -3.75. The van der Waals surface area contributed by atoms with E-state index in [2.05, 4.69) is 4.90 Å². The van der Waals surface area contributed by atoms with Gasteiger partial charge < -0.3 is 15.7 Å². The van der Waals surface area contributed by atoms with Crippen molar-refractivity contribution in [3.63, 3.8) is 0 Å². The first kappa shape index (κ1) is 31.7. The Labute approximate surface area is 223 Å². The molecule has 3 N–H and O–H groups in total. The molecule has 2 aromatic carbocycles. The molecule has 0 aliphatic carbocycles. The summed E-state index contributed by atoms with van der Waals surface area (Å²) in [6.07, 6.45) is -9.87. The molecule has 1 amide bonds. The predicted octanol–water partition coefficient (Wildman–Crippen LogP) is 4.60. The highest BCUT2D eigenvalue weighted by atomic mass is 35.5. The Hall–Kier alpha value is -3.52. The summed E-state index contributed by atoms with van der Waals surface area (Å²) in [7, 11) is 0. The number of hydrogen-bond donors (Lipinski definition) is 2. The van der Waals surface area contributed by atoms with Crippen molar-refractivity contribution in [2.45, 2.75) is 39.3 Å². The molecule has 3 rings (SSSR count). The van der Waals surface area contributed by atoms with Crippen LogP contribution in [0.15, 0.2) is 41.2 Å². The fourth-order valence-electron chi connectivity index (χ4n) is 3.73. The number of carboxylic acids is 1. The van der Waals surface area contributed by atoms with Crippen LogP contribution >= 0.6 is 11.6 Å². The highest BCUT2D eigenvalue weighted by molar-refractivity contribution is 6.30. The zero-order chi connectivity index (χ0) is 29.7. The molecule has 0 radical (unpaired) electrons. The van der Waals surface area contributed by atoms with Crippen molar-refractivity contribution in [3.05, 3.63) is 68.6 Å². The quantitative estimate of drug-likeness (QED) is 0.377. The number of nitrogens with zero attached hydrogens (tertiary/aromatic N) is 3. The average Bonchev–Trinajstić information content (AvgIpc) is 3.10. The SMILES string of the molecule is CCN(CC)CCn1c(=O)n(Cc2ccc(Cl)cc2)c2c(C(F)(F)F)cc(C(N)=O)cc21.O=C(O)C(F)(F)F. The van der Waals surface area contributed by atoms with Crippen LogP contribution in [0.5, 0.6) is 0 Å². The van der Waals surface area contributed by atoms with Crippen molar-refractivity contribution >= 4 is 34.5 Å². The van der Waals surface area contributed by atoms with Gasteiger partial charge in [0.2, 0.25) is 5.91 Å². The van der Waals surface area contributed by atoms with Crippen molar-refractivity contribution in [1.29, 1.82) is 0 Å². The molecule has 0 fully saturated rings. The number of fused-ring (bicyclic) bond motifs is 1. The van der Waals surface area contributed by atoms with E-state index in [4.69, 9.17) is 27.2 Å². The van der Waals surface area contributed by atoms with Crippen LogP contribution in [0.1, 0.15) is 35.3 Å². The molecule has 0 spiro atoms. The fraction of sp³-hybridized carbons (Fsp3) is 0.375. The van der Waals surface area contributed by atoms with Gasteiger partial charge in [0.15, 0.2) is 0 Å². The summed E-state index contributed by atoms with van der Waals surface area (Å²) < 4.78 is 76.1. The van der Waals surface area contributed by atoms with Crippen LogP contribution in [-0.2, 0) is 24.1 Å². The van der Waals surface area contributed by atoms with Crippen molar-refractivity contribution in [2.24, 2.45) is 5.73 Å². The Balaban J connectivity index is 0.000000673. The second kappa shape index (κ2) is 12.6. The van der Waals surface area contributed by atoms with E-state index < -0.39 is 35.5 Å². The van der Waals surface area contributed by atoms with E-state index in [0.29, 0.717) is 23.2 Å². The maximum absolute atomic E-state index is 14.0. The molecule has 0 atom stereocenters. The van der Waals surface area contributed by atoms with E-state index in [1.165, 1.54) is 10.6 Å². The molecule has 0 bridgehead atoms. The molecule has 214 valence electrons. The lowest BCUT2D eigenvalue weighted by Gasteiger charge is -2.18. The Bertz CT molecular complexity index is 1380. The van der Waals surface area contributed by atoms with Crippen LogP contribution < -0.4 is 11.4 Å². The topological polar surface area (TPSA) is 111 Å². The van der Waals surface area contributed by atoms with Gasteiger partial charge in [0, 0.05) is 23.7 Å². The normalized spacial score (nSPS) is 11.9. The van der Waals surface area contributed by atoms with Crippen LogP contribution in [-0.4, -0.2) is 56.8 Å². The predicted molar refractivity (Wildman–Crippen MR) is 132 cm³/mol. The lowest BCUT2D eigenvalue weighted by atomic mass is 10.1. The molecule has 0 saturated heterocycles. The Kier molecular flexibility index (Phi) is 10.2. The first-order chi connectivity index (χ1) is 18.0. The second-order valence-corrected chi connectivity index (χ2v) is 8.67. The number of imidazole rings is 1. The summed E-state index contributed by atoms with van der Waals surface area (Å²) in [5.41, 5.74) is 3.70. The number of primary amides is 1. The lowest BCUT2D eigenvalue weighted by Crippen LogP contribution is -2.32. The highest BCUT2D eigenvalue weighted by Gasteiger charge is 2.38. The van der Waals surface area contributed by atoms with Gasteiger partial charge in [-0.25, -0.2) is 9.59 Å². The fourth-order valence-corrected chi connectivity index (χ4v) is 3.85. The summed E-state index contributed by atoms with van der Waals surface area (Å²) in [6.45, 7) is 5.94. The molecule has 0 aliphatic heterocycles. The maximum Gasteiger partial charge on any atom is 0.490 e. The van der Waals surface area contributed by atoms with E-state index in [1.54, 1.807) is 24.3 Å². The monoisotopic (exact) mass is 582 g/mol. The van der Waals surface area contributed by atoms with Gasteiger partial charge in [-0.05, 0) is 42.9 Å². The van der Waals surface area contributed by atoms with E-state index in [-0.39, 0.29) is 29.7 Å². The van der Waals surface area contributed by atoms with Gasteiger partial charge in [-0.3, -0.25) is 13.9 Å². The minimum Gasteiger partial charge on any atom is -0.475 e. The first-order valence-electron chi connectivity index (χ1n) is 11.4. The molecule has 1 heterocycles. The van der Waals surface area contributed by atoms with Gasteiger partial charge in [0.25, 0.3) is 0 Å². The van der Waals surface area contributed by atoms with Crippen molar-refractivity contribution in [3.8, 4) is 0 Å². The van der Waals surface area contributed by atoms with E-state index >= 15 is 0 Å². The third-order valence-electron chi connectivity index (χ3n) is 5.73. The van der Waals surface area contributed by atoms with Crippen LogP contribution in [0.25, 0.3) is 11.0 Å². The molecule has 0 saturated carbocycles. The van der Waals surface area contributed by atoms with Gasteiger partial charge in [0.1, 0.15) is 0 Å². The minimum atomic E-state index is -5.08. The van der Waals surface area contributed by atoms with Crippen molar-refractivity contribution in [1.82, 2.24) is 14.0 Å². The summed E-state index contributed by atoms with van der Waals surface area (Å²) in [6, 6.07) is 8.48. The van der Waals surface area contributed by atoms with Crippen LogP contribution in [0.2, 0.25) is 5.02 Å². The number of carbonyl (C=O) groups is 2. The van der Waals surface area contributed by atoms with Gasteiger partial charge in [-0.1, -0.05) is 37.6 Å². The third kappa shape index (κ3) is 7.99. The number of rotatable bonds is 8. The third-order valence-corrected chi connectivity index (χ3v) is 5.98. The molecule has 0 unspecified atom stereocenters. The van der Waals surface area contributed by atoms with Crippen molar-refractivity contribution < 1.29 is 41.0 Å². The Morgan fingerprint density at radius 2 is 1.54 bits per heavy atom. The van der Waals surface area contributed by atoms with Gasteiger partial charge in [-0.15, -0.1) is 0 Å². The summed E-state index contributed by atoms with van der Waals surface area (Å²) >= 11 is 5.91. The number of hydrogen-bond acceptors (Lipinski definition) is 4. The summed E-state index contributed by atoms with van der Waals surface area (Å²) in [4.78, 5) is 36.0. The number of carboxylic acid groups (broad SMARTS) is 1. The Morgan fingerprint density at radius 1 is 1.00 bits per heavy atom. The Morgan fingerprint density at radius 3 is 1.97 bits per heavy atom. The number of benzene rings is 2. The number of aliphatic carboxylic acids is 1. The number of amides is 1. The molecular formula is C24H25ClF6N4O4. The number of alkyl halides is 6. The summed E-state index contributed by atoms with van der Waals surface area (Å²) in [5, 5.41) is 7.60. The second-order valence-electron chi connectivity index (χ2n) is 8.23. The maximum atomic E-state index is 14.0. The zero-order valence-electron chi connectivity index (χ0n) is 20.7. The van der Waals surface area contributed by atoms with Crippen LogP contribution in [0, 0.1) is 0 Å². The molecule has 8 nitrogen and oxygen atoms in total. The molecule has 15 heteroatoms. The molecule has 1 aromatic heterocycles. The number of likely N-dealkylation sites (N-methyl/N-ethyl adjacent to an activating group) is 1. The smallest absolute Gasteiger partial charge is 0.475 e. The largest absolute Gasteiger partial charge is 0.490 e. The van der Waals surface area contributed by atoms with Crippen LogP contribution in [0.4, 0.5) is 26.3 Å². The molecular weight excluding hydrogens is 558 g/mol. The lowest BCUT2D eigenvalue weighted by molar-refractivity contribution is -0.192. The number of halogens is 7. The van der Waals surface area contributed by atoms with E-state index in [9.17, 15) is 35.9 Å². The minimum absolute atomic E-state index is 0.0275. The van der Waals surface area contributed by atoms with E-state index in [0.717, 1.165) is 17.7 Å². The first-order valence-corrected chi connectivity index (χ1v) is 11.8. The van der Waals surface area contributed by atoms with Gasteiger partial charge >= 0.3 is 24.0 Å². The van der Waals surface area contributed by atoms with E-state index in [1.807, 2.05) is 13.8 Å². The van der Waals surface area contributed by atoms with Crippen molar-refractivity contribution in [2.75, 3.05) is 19.6 Å². The van der Waals surface area contributed by atoms with Crippen LogP contribution in [0.3, 0.4) is 0 Å². The zero-order valence-corrected chi connectivity index (χ0v) is 21.5. The molecule has 0 aliphatic rings. The standard InChI is InChI=1S/C22H24ClF3N4O2.C2HF3O2/c1-3-28(4-2)9-10-29-18-12-15(20(27)31)11-17(22(24,25)26)19(18)30(21(29)32)13-14-5-7-16(23)8-6-14;3-2(4,5)1(6)7/h5-8,11-12H,3-4,9-10,13H2,1-2H3,(H2,27,31);(H,6,7). The molecule has 39 heavy (non-hydrogen) atoms. The highest BCUT2D eigenvalue weighted by Crippen LogP contribution is 2.36. The average molecular weight is 583 g/mol. The molecule has 3 aromatic rings. The van der Waals surface area contributed by atoms with Gasteiger partial charge in [0.05, 0.1) is 23.1 Å². The van der Waals surface area contributed by atoms with Gasteiger partial charge in [-0.2, -0.15) is 26.3 Å². The number of aromatic nitrogens is 2.